The lowest BCUT2D eigenvalue weighted by Crippen LogP contribution is -2.24. The van der Waals surface area contributed by atoms with Crippen molar-refractivity contribution in [3.63, 3.8) is 0 Å². The number of fused-ring (bicyclic) bond motifs is 2. The van der Waals surface area contributed by atoms with Gasteiger partial charge >= 0.3 is 5.97 Å². The van der Waals surface area contributed by atoms with Crippen molar-refractivity contribution in [3.8, 4) is 5.75 Å². The molecule has 0 amide bonds. The summed E-state index contributed by atoms with van der Waals surface area (Å²) < 4.78 is 10.7. The number of carbonyl (C=O) groups excluding carboxylic acids is 1. The second kappa shape index (κ2) is 6.70. The van der Waals surface area contributed by atoms with Gasteiger partial charge in [0.2, 0.25) is 0 Å². The predicted octanol–water partition coefficient (Wildman–Crippen LogP) is 2.35. The average molecular weight is 339 g/mol. The highest BCUT2D eigenvalue weighted by atomic mass is 16.5. The molecule has 130 valence electrons. The molecule has 2 aromatic rings. The van der Waals surface area contributed by atoms with Crippen molar-refractivity contribution in [1.82, 2.24) is 9.97 Å². The van der Waals surface area contributed by atoms with Gasteiger partial charge in [-0.2, -0.15) is 0 Å². The number of anilines is 1. The van der Waals surface area contributed by atoms with E-state index < -0.39 is 0 Å². The van der Waals surface area contributed by atoms with Crippen molar-refractivity contribution >= 4 is 11.8 Å². The Balaban J connectivity index is 1.60. The molecule has 0 N–H and O–H groups in total. The first-order valence-corrected chi connectivity index (χ1v) is 8.60. The fraction of sp³-hybridized carbons (Fsp3) is 0.421. The van der Waals surface area contributed by atoms with Crippen molar-refractivity contribution in [3.05, 3.63) is 47.4 Å². The first kappa shape index (κ1) is 15.9. The Morgan fingerprint density at radius 3 is 3.12 bits per heavy atom. The van der Waals surface area contributed by atoms with Crippen LogP contribution in [0, 0.1) is 5.92 Å². The Bertz CT molecular complexity index is 793. The monoisotopic (exact) mass is 339 g/mol. The molecule has 0 spiro atoms. The fourth-order valence-electron chi connectivity index (χ4n) is 3.65. The maximum absolute atomic E-state index is 11.5. The summed E-state index contributed by atoms with van der Waals surface area (Å²) in [5, 5.41) is 0. The Hall–Kier alpha value is -2.63. The lowest BCUT2D eigenvalue weighted by molar-refractivity contribution is -0.141. The Labute approximate surface area is 146 Å². The predicted molar refractivity (Wildman–Crippen MR) is 92.6 cm³/mol. The van der Waals surface area contributed by atoms with E-state index in [9.17, 15) is 4.79 Å². The summed E-state index contributed by atoms with van der Waals surface area (Å²) in [4.78, 5) is 22.8. The smallest absolute Gasteiger partial charge is 0.305 e. The number of carbonyl (C=O) groups is 1. The zero-order chi connectivity index (χ0) is 17.2. The zero-order valence-electron chi connectivity index (χ0n) is 14.3. The third kappa shape index (κ3) is 3.16. The summed E-state index contributed by atoms with van der Waals surface area (Å²) in [5.74, 6) is 2.05. The topological polar surface area (TPSA) is 64.5 Å². The van der Waals surface area contributed by atoms with Crippen molar-refractivity contribution in [2.75, 3.05) is 25.1 Å². The Kier molecular flexibility index (Phi) is 4.26. The van der Waals surface area contributed by atoms with Gasteiger partial charge in [0, 0.05) is 25.1 Å². The van der Waals surface area contributed by atoms with Gasteiger partial charge in [0.15, 0.2) is 0 Å². The highest BCUT2D eigenvalue weighted by molar-refractivity contribution is 5.69. The molecule has 0 unspecified atom stereocenters. The summed E-state index contributed by atoms with van der Waals surface area (Å²) in [5.41, 5.74) is 3.23. The van der Waals surface area contributed by atoms with Gasteiger partial charge in [-0.25, -0.2) is 9.97 Å². The normalized spacial score (nSPS) is 18.8. The molecule has 2 aliphatic rings. The molecule has 3 heterocycles. The number of nitrogens with zero attached hydrogens (tertiary/aromatic N) is 3. The maximum atomic E-state index is 11.5. The van der Waals surface area contributed by atoms with Gasteiger partial charge in [-0.3, -0.25) is 4.79 Å². The molecular formula is C19H21N3O3. The third-order valence-electron chi connectivity index (χ3n) is 4.98. The minimum absolute atomic E-state index is 0.143. The van der Waals surface area contributed by atoms with Gasteiger partial charge in [-0.05, 0) is 24.0 Å². The number of aromatic nitrogens is 2. The molecule has 1 aromatic carbocycles. The van der Waals surface area contributed by atoms with Crippen LogP contribution in [0.5, 0.6) is 5.75 Å². The molecule has 1 atom stereocenters. The van der Waals surface area contributed by atoms with Gasteiger partial charge in [0.05, 0.1) is 19.2 Å². The number of ether oxygens (including phenoxy) is 2. The number of esters is 1. The summed E-state index contributed by atoms with van der Waals surface area (Å²) in [7, 11) is 1.44. The van der Waals surface area contributed by atoms with Crippen LogP contribution < -0.4 is 9.64 Å². The molecule has 4 rings (SSSR count). The molecule has 1 fully saturated rings. The van der Waals surface area contributed by atoms with E-state index in [0.29, 0.717) is 18.9 Å². The highest BCUT2D eigenvalue weighted by Crippen LogP contribution is 2.33. The van der Waals surface area contributed by atoms with Crippen LogP contribution in [0.4, 0.5) is 5.82 Å². The molecule has 1 saturated heterocycles. The number of rotatable bonds is 3. The molecule has 6 nitrogen and oxygen atoms in total. The van der Waals surface area contributed by atoms with E-state index in [-0.39, 0.29) is 5.97 Å². The third-order valence-corrected chi connectivity index (χ3v) is 4.98. The SMILES string of the molecule is COC(=O)C[C@@H]1CCN(c2ncnc3c2Cc2ccccc2OC3)C1. The van der Waals surface area contributed by atoms with E-state index in [0.717, 1.165) is 54.3 Å². The van der Waals surface area contributed by atoms with Crippen LogP contribution >= 0.6 is 0 Å². The van der Waals surface area contributed by atoms with E-state index >= 15 is 0 Å². The van der Waals surface area contributed by atoms with Gasteiger partial charge in [0.1, 0.15) is 24.5 Å². The standard InChI is InChI=1S/C19H21N3O3/c1-24-18(23)8-13-6-7-22(10-13)19-15-9-14-4-2-3-5-17(14)25-11-16(15)20-12-21-19/h2-5,12-13H,6-11H2,1H3/t13-/m0/s1. The molecule has 0 saturated carbocycles. The van der Waals surface area contributed by atoms with Crippen LogP contribution in [0.15, 0.2) is 30.6 Å². The molecule has 6 heteroatoms. The molecule has 25 heavy (non-hydrogen) atoms. The first-order valence-electron chi connectivity index (χ1n) is 8.60. The van der Waals surface area contributed by atoms with Gasteiger partial charge < -0.3 is 14.4 Å². The quantitative estimate of drug-likeness (QED) is 0.800. The Morgan fingerprint density at radius 1 is 1.36 bits per heavy atom. The van der Waals surface area contributed by atoms with Crippen LogP contribution in [0.1, 0.15) is 29.7 Å². The molecule has 0 bridgehead atoms. The minimum atomic E-state index is -0.143. The number of benzene rings is 1. The van der Waals surface area contributed by atoms with Crippen LogP contribution in [0.2, 0.25) is 0 Å². The minimum Gasteiger partial charge on any atom is -0.487 e. The van der Waals surface area contributed by atoms with E-state index in [1.165, 1.54) is 7.11 Å². The fourth-order valence-corrected chi connectivity index (χ4v) is 3.65. The van der Waals surface area contributed by atoms with Crippen molar-refractivity contribution < 1.29 is 14.3 Å². The van der Waals surface area contributed by atoms with E-state index in [1.807, 2.05) is 18.2 Å². The van der Waals surface area contributed by atoms with Crippen LogP contribution in [-0.4, -0.2) is 36.1 Å². The lowest BCUT2D eigenvalue weighted by atomic mass is 10.0. The number of hydrogen-bond donors (Lipinski definition) is 0. The zero-order valence-corrected chi connectivity index (χ0v) is 14.3. The van der Waals surface area contributed by atoms with Crippen LogP contribution in [-0.2, 0) is 22.6 Å². The molecular weight excluding hydrogens is 318 g/mol. The van der Waals surface area contributed by atoms with Crippen LogP contribution in [0.25, 0.3) is 0 Å². The molecule has 0 radical (unpaired) electrons. The van der Waals surface area contributed by atoms with Gasteiger partial charge in [-0.1, -0.05) is 18.2 Å². The van der Waals surface area contributed by atoms with E-state index in [1.54, 1.807) is 6.33 Å². The van der Waals surface area contributed by atoms with Crippen molar-refractivity contribution in [2.45, 2.75) is 25.9 Å². The average Bonchev–Trinajstić information content (AvgIpc) is 3.00. The summed E-state index contributed by atoms with van der Waals surface area (Å²) in [6, 6.07) is 8.10. The Morgan fingerprint density at radius 2 is 2.24 bits per heavy atom. The summed E-state index contributed by atoms with van der Waals surface area (Å²) >= 11 is 0. The van der Waals surface area contributed by atoms with E-state index in [4.69, 9.17) is 9.47 Å². The first-order chi connectivity index (χ1) is 12.2. The molecule has 0 aliphatic carbocycles. The number of hydrogen-bond acceptors (Lipinski definition) is 6. The van der Waals surface area contributed by atoms with Crippen molar-refractivity contribution in [1.29, 1.82) is 0 Å². The number of para-hydroxylation sites is 1. The number of methoxy groups -OCH3 is 1. The second-order valence-corrected chi connectivity index (χ2v) is 6.58. The largest absolute Gasteiger partial charge is 0.487 e. The van der Waals surface area contributed by atoms with Gasteiger partial charge in [0.25, 0.3) is 0 Å². The second-order valence-electron chi connectivity index (χ2n) is 6.58. The summed E-state index contributed by atoms with van der Waals surface area (Å²) in [6.07, 6.45) is 3.81. The molecule has 2 aliphatic heterocycles. The highest BCUT2D eigenvalue weighted by Gasteiger charge is 2.29. The molecule has 1 aromatic heterocycles. The van der Waals surface area contributed by atoms with Crippen LogP contribution in [0.3, 0.4) is 0 Å². The lowest BCUT2D eigenvalue weighted by Gasteiger charge is -2.21. The van der Waals surface area contributed by atoms with E-state index in [2.05, 4.69) is 20.9 Å². The maximum Gasteiger partial charge on any atom is 0.305 e. The van der Waals surface area contributed by atoms with Gasteiger partial charge in [-0.15, -0.1) is 0 Å². The van der Waals surface area contributed by atoms with Crippen molar-refractivity contribution in [2.24, 2.45) is 5.92 Å². The summed E-state index contributed by atoms with van der Waals surface area (Å²) in [6.45, 7) is 2.18.